The van der Waals surface area contributed by atoms with Crippen molar-refractivity contribution in [1.82, 2.24) is 4.98 Å². The van der Waals surface area contributed by atoms with E-state index >= 15 is 0 Å². The Kier molecular flexibility index (Phi) is 4.62. The van der Waals surface area contributed by atoms with Gasteiger partial charge in [0.1, 0.15) is 22.9 Å². The molecule has 7 heteroatoms. The van der Waals surface area contributed by atoms with Gasteiger partial charge in [0.15, 0.2) is 0 Å². The molecule has 2 N–H and O–H groups in total. The minimum Gasteiger partial charge on any atom is -0.508 e. The molecule has 2 aromatic carbocycles. The van der Waals surface area contributed by atoms with Crippen LogP contribution in [0, 0.1) is 12.7 Å². The molecule has 1 heterocycles. The highest BCUT2D eigenvalue weighted by atomic mass is 19.1. The van der Waals surface area contributed by atoms with E-state index in [2.05, 4.69) is 10.3 Å². The van der Waals surface area contributed by atoms with Crippen molar-refractivity contribution < 1.29 is 23.8 Å². The highest BCUT2D eigenvalue weighted by molar-refractivity contribution is 6.02. The minimum atomic E-state index is -0.558. The standard InChI is InChI=1S/C19H17FN2O4/c1-10-6-13(20)16(8-17(10)23)22-14-4-5-21-15-9-18(25-2)12(7-11(14)15)19(24)26-3/h4-9,23H,1-3H3,(H,21,22). The Morgan fingerprint density at radius 1 is 1.19 bits per heavy atom. The van der Waals surface area contributed by atoms with Gasteiger partial charge in [0.2, 0.25) is 0 Å². The van der Waals surface area contributed by atoms with Crippen molar-refractivity contribution in [3.8, 4) is 11.5 Å². The number of phenols is 1. The summed E-state index contributed by atoms with van der Waals surface area (Å²) in [5.41, 5.74) is 1.84. The van der Waals surface area contributed by atoms with Gasteiger partial charge in [-0.05, 0) is 30.7 Å². The van der Waals surface area contributed by atoms with Crippen molar-refractivity contribution in [1.29, 1.82) is 0 Å². The lowest BCUT2D eigenvalue weighted by Crippen LogP contribution is -2.05. The predicted octanol–water partition coefficient (Wildman–Crippen LogP) is 3.93. The van der Waals surface area contributed by atoms with Crippen molar-refractivity contribution >= 4 is 28.2 Å². The molecule has 0 bridgehead atoms. The summed E-state index contributed by atoms with van der Waals surface area (Å²) >= 11 is 0. The summed E-state index contributed by atoms with van der Waals surface area (Å²) in [6.45, 7) is 1.61. The fourth-order valence-electron chi connectivity index (χ4n) is 2.62. The molecule has 0 spiro atoms. The van der Waals surface area contributed by atoms with E-state index in [-0.39, 0.29) is 17.0 Å². The summed E-state index contributed by atoms with van der Waals surface area (Å²) in [4.78, 5) is 16.3. The van der Waals surface area contributed by atoms with E-state index < -0.39 is 11.8 Å². The van der Waals surface area contributed by atoms with Crippen LogP contribution in [0.2, 0.25) is 0 Å². The zero-order valence-electron chi connectivity index (χ0n) is 14.5. The summed E-state index contributed by atoms with van der Waals surface area (Å²) in [7, 11) is 2.72. The van der Waals surface area contributed by atoms with Gasteiger partial charge in [-0.3, -0.25) is 4.98 Å². The highest BCUT2D eigenvalue weighted by Gasteiger charge is 2.17. The van der Waals surface area contributed by atoms with Gasteiger partial charge in [-0.25, -0.2) is 9.18 Å². The number of nitrogens with one attached hydrogen (secondary N) is 1. The number of esters is 1. The van der Waals surface area contributed by atoms with Gasteiger partial charge in [0, 0.05) is 29.4 Å². The number of aromatic nitrogens is 1. The van der Waals surface area contributed by atoms with E-state index in [1.165, 1.54) is 26.4 Å². The normalized spacial score (nSPS) is 10.6. The molecule has 3 aromatic rings. The molecule has 3 rings (SSSR count). The van der Waals surface area contributed by atoms with Crippen molar-refractivity contribution in [3.63, 3.8) is 0 Å². The van der Waals surface area contributed by atoms with Crippen LogP contribution >= 0.6 is 0 Å². The molecule has 0 saturated carbocycles. The number of rotatable bonds is 4. The van der Waals surface area contributed by atoms with Gasteiger partial charge >= 0.3 is 5.97 Å². The maximum absolute atomic E-state index is 14.2. The Morgan fingerprint density at radius 2 is 1.96 bits per heavy atom. The zero-order chi connectivity index (χ0) is 18.8. The van der Waals surface area contributed by atoms with Crippen molar-refractivity contribution in [2.45, 2.75) is 6.92 Å². The largest absolute Gasteiger partial charge is 0.508 e. The number of carbonyl (C=O) groups excluding carboxylic acids is 1. The van der Waals surface area contributed by atoms with Crippen LogP contribution in [0.5, 0.6) is 11.5 Å². The zero-order valence-corrected chi connectivity index (χ0v) is 14.5. The number of benzene rings is 2. The number of phenolic OH excluding ortho intramolecular Hbond substituents is 1. The van der Waals surface area contributed by atoms with E-state index in [1.807, 2.05) is 0 Å². The average molecular weight is 356 g/mol. The van der Waals surface area contributed by atoms with E-state index in [9.17, 15) is 14.3 Å². The third kappa shape index (κ3) is 3.11. The maximum Gasteiger partial charge on any atom is 0.341 e. The number of aryl methyl sites for hydroxylation is 1. The van der Waals surface area contributed by atoms with Crippen molar-refractivity contribution in [2.24, 2.45) is 0 Å². The first-order chi connectivity index (χ1) is 12.4. The molecule has 26 heavy (non-hydrogen) atoms. The molecule has 1 aromatic heterocycles. The molecule has 6 nitrogen and oxygen atoms in total. The monoisotopic (exact) mass is 356 g/mol. The van der Waals surface area contributed by atoms with Crippen LogP contribution in [0.1, 0.15) is 15.9 Å². The fourth-order valence-corrected chi connectivity index (χ4v) is 2.62. The first-order valence-corrected chi connectivity index (χ1v) is 7.75. The molecule has 0 saturated heterocycles. The van der Waals surface area contributed by atoms with E-state index in [0.29, 0.717) is 27.9 Å². The van der Waals surface area contributed by atoms with Crippen LogP contribution in [0.25, 0.3) is 10.9 Å². The molecule has 134 valence electrons. The number of fused-ring (bicyclic) bond motifs is 1. The molecule has 0 amide bonds. The number of ether oxygens (including phenoxy) is 2. The quantitative estimate of drug-likeness (QED) is 0.690. The second-order valence-corrected chi connectivity index (χ2v) is 5.66. The Labute approximate surface area is 149 Å². The number of methoxy groups -OCH3 is 2. The Hall–Kier alpha value is -3.35. The van der Waals surface area contributed by atoms with Crippen LogP contribution in [0.4, 0.5) is 15.8 Å². The number of carbonyl (C=O) groups is 1. The summed E-state index contributed by atoms with van der Waals surface area (Å²) in [5.74, 6) is -0.762. The van der Waals surface area contributed by atoms with E-state index in [4.69, 9.17) is 9.47 Å². The molecule has 0 unspecified atom stereocenters. The second kappa shape index (κ2) is 6.87. The van der Waals surface area contributed by atoms with Crippen LogP contribution in [0.3, 0.4) is 0 Å². The molecular formula is C19H17FN2O4. The van der Waals surface area contributed by atoms with Gasteiger partial charge in [-0.1, -0.05) is 0 Å². The van der Waals surface area contributed by atoms with Crippen molar-refractivity contribution in [2.75, 3.05) is 19.5 Å². The van der Waals surface area contributed by atoms with Gasteiger partial charge in [-0.15, -0.1) is 0 Å². The lowest BCUT2D eigenvalue weighted by molar-refractivity contribution is 0.0597. The lowest BCUT2D eigenvalue weighted by atomic mass is 10.1. The Bertz CT molecular complexity index is 1000. The smallest absolute Gasteiger partial charge is 0.341 e. The van der Waals surface area contributed by atoms with Crippen LogP contribution in [-0.4, -0.2) is 30.3 Å². The summed E-state index contributed by atoms with van der Waals surface area (Å²) < 4.78 is 24.2. The fraction of sp³-hybridized carbons (Fsp3) is 0.158. The van der Waals surface area contributed by atoms with Gasteiger partial charge < -0.3 is 19.9 Å². The van der Waals surface area contributed by atoms with E-state index in [0.717, 1.165) is 0 Å². The van der Waals surface area contributed by atoms with Gasteiger partial charge in [0.05, 0.1) is 25.4 Å². The molecular weight excluding hydrogens is 339 g/mol. The SMILES string of the molecule is COC(=O)c1cc2c(Nc3cc(O)c(C)cc3F)ccnc2cc1OC. The molecule has 0 fully saturated rings. The summed E-state index contributed by atoms with van der Waals surface area (Å²) in [6, 6.07) is 7.37. The number of aromatic hydroxyl groups is 1. The number of halogens is 1. The minimum absolute atomic E-state index is 0.0239. The van der Waals surface area contributed by atoms with Crippen LogP contribution in [-0.2, 0) is 4.74 Å². The van der Waals surface area contributed by atoms with Gasteiger partial charge in [0.25, 0.3) is 0 Å². The first-order valence-electron chi connectivity index (χ1n) is 7.75. The van der Waals surface area contributed by atoms with E-state index in [1.54, 1.807) is 31.3 Å². The average Bonchev–Trinajstić information content (AvgIpc) is 2.64. The topological polar surface area (TPSA) is 80.7 Å². The molecule has 0 radical (unpaired) electrons. The number of pyridine rings is 1. The first kappa shape index (κ1) is 17.5. The molecule has 0 aliphatic rings. The van der Waals surface area contributed by atoms with Gasteiger partial charge in [-0.2, -0.15) is 0 Å². The molecule has 0 atom stereocenters. The third-order valence-electron chi connectivity index (χ3n) is 4.02. The van der Waals surface area contributed by atoms with Crippen LogP contribution < -0.4 is 10.1 Å². The third-order valence-corrected chi connectivity index (χ3v) is 4.02. The number of hydrogen-bond acceptors (Lipinski definition) is 6. The summed E-state index contributed by atoms with van der Waals surface area (Å²) in [6.07, 6.45) is 1.55. The molecule has 0 aliphatic carbocycles. The van der Waals surface area contributed by atoms with Crippen molar-refractivity contribution in [3.05, 3.63) is 53.5 Å². The number of nitrogens with zero attached hydrogens (tertiary/aromatic N) is 1. The highest BCUT2D eigenvalue weighted by Crippen LogP contribution is 2.33. The lowest BCUT2D eigenvalue weighted by Gasteiger charge is -2.14. The molecule has 0 aliphatic heterocycles. The maximum atomic E-state index is 14.2. The predicted molar refractivity (Wildman–Crippen MR) is 95.7 cm³/mol. The Morgan fingerprint density at radius 3 is 2.65 bits per heavy atom. The number of hydrogen-bond donors (Lipinski definition) is 2. The number of anilines is 2. The second-order valence-electron chi connectivity index (χ2n) is 5.66. The Balaban J connectivity index is 2.15. The van der Waals surface area contributed by atoms with Crippen LogP contribution in [0.15, 0.2) is 36.5 Å². The summed E-state index contributed by atoms with van der Waals surface area (Å²) in [5, 5.41) is 13.4.